The van der Waals surface area contributed by atoms with E-state index in [1.165, 1.54) is 19.3 Å². The molecule has 0 aromatic heterocycles. The molecule has 0 unspecified atom stereocenters. The van der Waals surface area contributed by atoms with Crippen molar-refractivity contribution in [1.29, 1.82) is 0 Å². The minimum atomic E-state index is -0.414. The Balaban J connectivity index is 2.96. The van der Waals surface area contributed by atoms with Gasteiger partial charge in [0.25, 0.3) is 0 Å². The van der Waals surface area contributed by atoms with Gasteiger partial charge in [-0.15, -0.1) is 11.6 Å². The van der Waals surface area contributed by atoms with Gasteiger partial charge in [0.1, 0.15) is 12.5 Å². The summed E-state index contributed by atoms with van der Waals surface area (Å²) in [6.45, 7) is 4.75. The number of unbranched alkanes of at least 4 members (excludes halogenated alkanes) is 3. The summed E-state index contributed by atoms with van der Waals surface area (Å²) >= 11 is 5.25. The molecule has 17 heavy (non-hydrogen) atoms. The zero-order valence-electron chi connectivity index (χ0n) is 10.6. The summed E-state index contributed by atoms with van der Waals surface area (Å²) in [5.74, 6) is -0.525. The zero-order valence-corrected chi connectivity index (χ0v) is 11.3. The Morgan fingerprint density at radius 1 is 0.941 bits per heavy atom. The Morgan fingerprint density at radius 2 is 1.59 bits per heavy atom. The summed E-state index contributed by atoms with van der Waals surface area (Å²) in [7, 11) is 0. The van der Waals surface area contributed by atoms with Crippen molar-refractivity contribution >= 4 is 17.6 Å². The fourth-order valence-electron chi connectivity index (χ4n) is 1.21. The molecule has 0 heterocycles. The highest BCUT2D eigenvalue weighted by molar-refractivity contribution is 6.26. The highest BCUT2D eigenvalue weighted by Crippen LogP contribution is 1.98. The number of esters is 1. The fourth-order valence-corrected chi connectivity index (χ4v) is 1.28. The highest BCUT2D eigenvalue weighted by atomic mass is 35.5. The van der Waals surface area contributed by atoms with Crippen molar-refractivity contribution in [3.63, 3.8) is 0 Å². The Labute approximate surface area is 109 Å². The van der Waals surface area contributed by atoms with Crippen LogP contribution >= 0.6 is 11.6 Å². The van der Waals surface area contributed by atoms with Gasteiger partial charge in [0, 0.05) is 6.61 Å². The number of carbonyl (C=O) groups is 1. The lowest BCUT2D eigenvalue weighted by Crippen LogP contribution is -2.13. The van der Waals surface area contributed by atoms with Crippen LogP contribution in [0.1, 0.15) is 32.6 Å². The molecular formula is C12H23ClO4. The first kappa shape index (κ1) is 16.7. The highest BCUT2D eigenvalue weighted by Gasteiger charge is 1.98. The van der Waals surface area contributed by atoms with Crippen LogP contribution in [0.25, 0.3) is 0 Å². The van der Waals surface area contributed by atoms with Gasteiger partial charge < -0.3 is 14.2 Å². The number of hydrogen-bond acceptors (Lipinski definition) is 4. The third kappa shape index (κ3) is 13.6. The predicted molar refractivity (Wildman–Crippen MR) is 67.5 cm³/mol. The number of ether oxygens (including phenoxy) is 3. The van der Waals surface area contributed by atoms with E-state index in [2.05, 4.69) is 6.92 Å². The van der Waals surface area contributed by atoms with Crippen molar-refractivity contribution in [1.82, 2.24) is 0 Å². The number of carbonyl (C=O) groups excluding carboxylic acids is 1. The van der Waals surface area contributed by atoms with Crippen LogP contribution in [-0.2, 0) is 19.0 Å². The number of hydrogen-bond donors (Lipinski definition) is 0. The first-order chi connectivity index (χ1) is 8.31. The van der Waals surface area contributed by atoms with Crippen molar-refractivity contribution in [2.75, 3.05) is 38.9 Å². The maximum absolute atomic E-state index is 10.6. The van der Waals surface area contributed by atoms with Crippen LogP contribution in [0.2, 0.25) is 0 Å². The van der Waals surface area contributed by atoms with Crippen LogP contribution in [0.3, 0.4) is 0 Å². The average Bonchev–Trinajstić information content (AvgIpc) is 2.35. The molecule has 0 aromatic carbocycles. The summed E-state index contributed by atoms with van der Waals surface area (Å²) in [5, 5.41) is 0. The van der Waals surface area contributed by atoms with E-state index in [0.717, 1.165) is 13.0 Å². The minimum absolute atomic E-state index is 0.110. The maximum atomic E-state index is 10.6. The van der Waals surface area contributed by atoms with E-state index in [9.17, 15) is 4.79 Å². The standard InChI is InChI=1S/C12H23ClO4/c1-2-3-4-5-6-15-7-8-16-9-10-17-12(14)11-13/h2-11H2,1H3. The SMILES string of the molecule is CCCCCCOCCOCCOC(=O)CCl. The third-order valence-corrected chi connectivity index (χ3v) is 2.33. The number of alkyl halides is 1. The molecule has 0 aliphatic carbocycles. The van der Waals surface area contributed by atoms with Gasteiger partial charge in [-0.2, -0.15) is 0 Å². The van der Waals surface area contributed by atoms with Crippen LogP contribution in [0, 0.1) is 0 Å². The van der Waals surface area contributed by atoms with Crippen molar-refractivity contribution < 1.29 is 19.0 Å². The Bertz CT molecular complexity index is 176. The minimum Gasteiger partial charge on any atom is -0.462 e. The van der Waals surface area contributed by atoms with Gasteiger partial charge >= 0.3 is 5.97 Å². The molecule has 0 aliphatic rings. The molecule has 5 heteroatoms. The largest absolute Gasteiger partial charge is 0.462 e. The average molecular weight is 267 g/mol. The van der Waals surface area contributed by atoms with Gasteiger partial charge in [-0.1, -0.05) is 26.2 Å². The van der Waals surface area contributed by atoms with E-state index in [1.54, 1.807) is 0 Å². The molecule has 0 bridgehead atoms. The summed E-state index contributed by atoms with van der Waals surface area (Å²) in [6, 6.07) is 0. The predicted octanol–water partition coefficient (Wildman–Crippen LogP) is 2.38. The van der Waals surface area contributed by atoms with Crippen molar-refractivity contribution in [2.24, 2.45) is 0 Å². The smallest absolute Gasteiger partial charge is 0.320 e. The molecular weight excluding hydrogens is 244 g/mol. The second-order valence-corrected chi connectivity index (χ2v) is 3.91. The van der Waals surface area contributed by atoms with Crippen LogP contribution in [0.4, 0.5) is 0 Å². The Kier molecular flexibility index (Phi) is 13.5. The lowest BCUT2D eigenvalue weighted by Gasteiger charge is -2.06. The van der Waals surface area contributed by atoms with Crippen LogP contribution < -0.4 is 0 Å². The van der Waals surface area contributed by atoms with Crippen LogP contribution in [0.15, 0.2) is 0 Å². The maximum Gasteiger partial charge on any atom is 0.320 e. The molecule has 0 amide bonds. The van der Waals surface area contributed by atoms with E-state index in [1.807, 2.05) is 0 Å². The second-order valence-electron chi connectivity index (χ2n) is 3.64. The van der Waals surface area contributed by atoms with Crippen LogP contribution in [-0.4, -0.2) is 44.9 Å². The van der Waals surface area contributed by atoms with Crippen molar-refractivity contribution in [2.45, 2.75) is 32.6 Å². The summed E-state index contributed by atoms with van der Waals surface area (Å²) in [4.78, 5) is 10.6. The van der Waals surface area contributed by atoms with Gasteiger partial charge in [-0.05, 0) is 6.42 Å². The molecule has 0 radical (unpaired) electrons. The second kappa shape index (κ2) is 13.7. The van der Waals surface area contributed by atoms with E-state index in [4.69, 9.17) is 25.8 Å². The van der Waals surface area contributed by atoms with Crippen molar-refractivity contribution in [3.05, 3.63) is 0 Å². The van der Waals surface area contributed by atoms with E-state index in [-0.39, 0.29) is 12.5 Å². The molecule has 0 spiro atoms. The molecule has 0 aliphatic heterocycles. The Hall–Kier alpha value is -0.320. The molecule has 0 fully saturated rings. The molecule has 102 valence electrons. The molecule has 4 nitrogen and oxygen atoms in total. The Morgan fingerprint density at radius 3 is 2.24 bits per heavy atom. The van der Waals surface area contributed by atoms with E-state index >= 15 is 0 Å². The monoisotopic (exact) mass is 266 g/mol. The lowest BCUT2D eigenvalue weighted by atomic mass is 10.2. The topological polar surface area (TPSA) is 44.8 Å². The molecule has 0 saturated heterocycles. The zero-order chi connectivity index (χ0) is 12.8. The number of halogens is 1. The molecule has 0 saturated carbocycles. The number of rotatable bonds is 12. The molecule has 0 aromatic rings. The normalized spacial score (nSPS) is 10.5. The first-order valence-electron chi connectivity index (χ1n) is 6.18. The van der Waals surface area contributed by atoms with E-state index < -0.39 is 5.97 Å². The summed E-state index contributed by atoms with van der Waals surface area (Å²) in [5.41, 5.74) is 0. The molecule has 0 atom stereocenters. The summed E-state index contributed by atoms with van der Waals surface area (Å²) < 4.78 is 15.3. The fraction of sp³-hybridized carbons (Fsp3) is 0.917. The van der Waals surface area contributed by atoms with Crippen LogP contribution in [0.5, 0.6) is 0 Å². The van der Waals surface area contributed by atoms with Gasteiger partial charge in [-0.25, -0.2) is 0 Å². The van der Waals surface area contributed by atoms with Gasteiger partial charge in [0.05, 0.1) is 19.8 Å². The quantitative estimate of drug-likeness (QED) is 0.309. The van der Waals surface area contributed by atoms with Gasteiger partial charge in [-0.3, -0.25) is 4.79 Å². The molecule has 0 N–H and O–H groups in total. The molecule has 0 rings (SSSR count). The van der Waals surface area contributed by atoms with E-state index in [0.29, 0.717) is 19.8 Å². The first-order valence-corrected chi connectivity index (χ1v) is 6.71. The summed E-state index contributed by atoms with van der Waals surface area (Å²) in [6.07, 6.45) is 4.85. The van der Waals surface area contributed by atoms with Crippen molar-refractivity contribution in [3.8, 4) is 0 Å². The third-order valence-electron chi connectivity index (χ3n) is 2.11. The van der Waals surface area contributed by atoms with Gasteiger partial charge in [0.15, 0.2) is 0 Å². The van der Waals surface area contributed by atoms with Gasteiger partial charge in [0.2, 0.25) is 0 Å². The lowest BCUT2D eigenvalue weighted by molar-refractivity contribution is -0.142.